The summed E-state index contributed by atoms with van der Waals surface area (Å²) in [6.45, 7) is 2.36. The Balaban J connectivity index is 1.61. The number of halogens is 1. The highest BCUT2D eigenvalue weighted by Crippen LogP contribution is 2.19. The van der Waals surface area contributed by atoms with E-state index in [4.69, 9.17) is 11.6 Å². The number of carbonyl (C=O) groups excluding carboxylic acids is 1. The molecule has 2 aromatic carbocycles. The van der Waals surface area contributed by atoms with Gasteiger partial charge in [0, 0.05) is 23.3 Å². The van der Waals surface area contributed by atoms with Crippen molar-refractivity contribution in [3.8, 4) is 5.69 Å². The van der Waals surface area contributed by atoms with Gasteiger partial charge in [-0.2, -0.15) is 4.68 Å². The van der Waals surface area contributed by atoms with Gasteiger partial charge in [-0.25, -0.2) is 4.98 Å². The summed E-state index contributed by atoms with van der Waals surface area (Å²) in [5.74, 6) is -0.173. The van der Waals surface area contributed by atoms with Gasteiger partial charge in [-0.15, -0.1) is 5.10 Å². The monoisotopic (exact) mass is 377 g/mol. The Hall–Kier alpha value is -3.25. The maximum atomic E-state index is 12.6. The largest absolute Gasteiger partial charge is 0.348 e. The summed E-state index contributed by atoms with van der Waals surface area (Å²) in [5.41, 5.74) is 4.57. The van der Waals surface area contributed by atoms with E-state index in [1.165, 1.54) is 0 Å². The van der Waals surface area contributed by atoms with Crippen molar-refractivity contribution in [1.29, 1.82) is 0 Å². The Bertz CT molecular complexity index is 1140. The van der Waals surface area contributed by atoms with Crippen molar-refractivity contribution in [2.75, 3.05) is 0 Å². The molecule has 0 bridgehead atoms. The van der Waals surface area contributed by atoms with E-state index in [1.807, 2.05) is 43.3 Å². The number of hydrogen-bond donors (Lipinski definition) is 1. The van der Waals surface area contributed by atoms with Gasteiger partial charge >= 0.3 is 0 Å². The normalized spacial score (nSPS) is 10.9. The molecule has 1 amide bonds. The third-order valence-corrected chi connectivity index (χ3v) is 4.49. The predicted molar refractivity (Wildman–Crippen MR) is 104 cm³/mol. The lowest BCUT2D eigenvalue weighted by molar-refractivity contribution is 0.0951. The molecule has 0 saturated heterocycles. The lowest BCUT2D eigenvalue weighted by Gasteiger charge is -2.10. The molecule has 0 aliphatic heterocycles. The summed E-state index contributed by atoms with van der Waals surface area (Å²) >= 11 is 5.99. The van der Waals surface area contributed by atoms with Gasteiger partial charge in [0.2, 0.25) is 0 Å². The number of nitrogens with one attached hydrogen (secondary N) is 1. The number of benzene rings is 2. The third-order valence-electron chi connectivity index (χ3n) is 4.25. The van der Waals surface area contributed by atoms with Crippen LogP contribution in [0.25, 0.3) is 16.9 Å². The lowest BCUT2D eigenvalue weighted by atomic mass is 10.1. The van der Waals surface area contributed by atoms with Crippen LogP contribution in [0.1, 0.15) is 21.5 Å². The third kappa shape index (κ3) is 3.52. The first-order valence-corrected chi connectivity index (χ1v) is 8.80. The molecule has 0 aliphatic rings. The predicted octanol–water partition coefficient (Wildman–Crippen LogP) is 3.71. The first kappa shape index (κ1) is 17.2. The van der Waals surface area contributed by atoms with Crippen molar-refractivity contribution >= 4 is 28.7 Å². The van der Waals surface area contributed by atoms with Crippen LogP contribution in [0.4, 0.5) is 0 Å². The molecule has 0 spiro atoms. The van der Waals surface area contributed by atoms with Crippen LogP contribution < -0.4 is 5.32 Å². The minimum atomic E-state index is -0.173. The Kier molecular flexibility index (Phi) is 4.56. The van der Waals surface area contributed by atoms with E-state index < -0.39 is 0 Å². The van der Waals surface area contributed by atoms with E-state index in [9.17, 15) is 4.79 Å². The van der Waals surface area contributed by atoms with Crippen LogP contribution in [0.15, 0.2) is 60.8 Å². The second-order valence-electron chi connectivity index (χ2n) is 6.16. The van der Waals surface area contributed by atoms with Gasteiger partial charge in [-0.3, -0.25) is 4.79 Å². The van der Waals surface area contributed by atoms with Crippen molar-refractivity contribution in [3.63, 3.8) is 0 Å². The average Bonchev–Trinajstić information content (AvgIpc) is 3.10. The van der Waals surface area contributed by atoms with E-state index in [-0.39, 0.29) is 5.91 Å². The molecule has 134 valence electrons. The number of nitrogens with zero attached hydrogens (tertiary/aromatic N) is 4. The van der Waals surface area contributed by atoms with Crippen molar-refractivity contribution < 1.29 is 4.79 Å². The van der Waals surface area contributed by atoms with Crippen molar-refractivity contribution in [2.45, 2.75) is 13.5 Å². The average molecular weight is 378 g/mol. The smallest absolute Gasteiger partial charge is 0.251 e. The van der Waals surface area contributed by atoms with Crippen LogP contribution in [0, 0.1) is 6.92 Å². The lowest BCUT2D eigenvalue weighted by Crippen LogP contribution is -2.23. The number of aryl methyl sites for hydroxylation is 1. The van der Waals surface area contributed by atoms with Crippen LogP contribution in [-0.4, -0.2) is 25.9 Å². The zero-order valence-corrected chi connectivity index (χ0v) is 15.3. The molecule has 0 saturated carbocycles. The maximum absolute atomic E-state index is 12.6. The fourth-order valence-corrected chi connectivity index (χ4v) is 3.05. The summed E-state index contributed by atoms with van der Waals surface area (Å²) in [4.78, 5) is 16.9. The molecule has 0 aliphatic carbocycles. The van der Waals surface area contributed by atoms with Crippen LogP contribution in [-0.2, 0) is 6.54 Å². The zero-order chi connectivity index (χ0) is 18.8. The maximum Gasteiger partial charge on any atom is 0.251 e. The van der Waals surface area contributed by atoms with E-state index >= 15 is 0 Å². The number of hydrogen-bond acceptors (Lipinski definition) is 4. The first-order chi connectivity index (χ1) is 13.1. The van der Waals surface area contributed by atoms with Crippen molar-refractivity contribution in [2.24, 2.45) is 0 Å². The van der Waals surface area contributed by atoms with Gasteiger partial charge in [-0.05, 0) is 54.4 Å². The molecule has 4 rings (SSSR count). The summed E-state index contributed by atoms with van der Waals surface area (Å²) in [6, 6.07) is 16.5. The number of carbonyl (C=O) groups is 1. The summed E-state index contributed by atoms with van der Waals surface area (Å²) in [6.07, 6.45) is 1.69. The topological polar surface area (TPSA) is 72.7 Å². The molecule has 4 aromatic rings. The second-order valence-corrected chi connectivity index (χ2v) is 6.60. The SMILES string of the molecule is Cc1ccc(C(=O)NCc2cccc(Cl)c2)cc1-n1nnc2cccnc21. The Morgan fingerprint density at radius 1 is 1.15 bits per heavy atom. The minimum Gasteiger partial charge on any atom is -0.348 e. The highest BCUT2D eigenvalue weighted by molar-refractivity contribution is 6.30. The Labute approximate surface area is 160 Å². The number of amides is 1. The number of fused-ring (bicyclic) bond motifs is 1. The standard InChI is InChI=1S/C20H16ClN5O/c1-13-7-8-15(20(27)23-12-14-4-2-5-16(21)10-14)11-18(13)26-19-17(24-25-26)6-3-9-22-19/h2-11H,12H2,1H3,(H,23,27). The molecule has 1 N–H and O–H groups in total. The highest BCUT2D eigenvalue weighted by Gasteiger charge is 2.13. The van der Waals surface area contributed by atoms with E-state index in [0.717, 1.165) is 16.8 Å². The second kappa shape index (κ2) is 7.17. The van der Waals surface area contributed by atoms with Gasteiger partial charge < -0.3 is 5.32 Å². The Morgan fingerprint density at radius 2 is 2.04 bits per heavy atom. The molecule has 0 unspecified atom stereocenters. The van der Waals surface area contributed by atoms with Gasteiger partial charge in [-0.1, -0.05) is 35.0 Å². The molecule has 0 fully saturated rings. The summed E-state index contributed by atoms with van der Waals surface area (Å²) in [7, 11) is 0. The molecule has 7 heteroatoms. The fourth-order valence-electron chi connectivity index (χ4n) is 2.84. The Morgan fingerprint density at radius 3 is 2.89 bits per heavy atom. The fraction of sp³-hybridized carbons (Fsp3) is 0.100. The molecule has 0 atom stereocenters. The number of pyridine rings is 1. The molecule has 27 heavy (non-hydrogen) atoms. The van der Waals surface area contributed by atoms with E-state index in [0.29, 0.717) is 28.3 Å². The molecule has 2 aromatic heterocycles. The first-order valence-electron chi connectivity index (χ1n) is 8.42. The number of aromatic nitrogens is 4. The van der Waals surface area contributed by atoms with Crippen molar-refractivity contribution in [1.82, 2.24) is 25.3 Å². The molecule has 0 radical (unpaired) electrons. The molecule has 2 heterocycles. The van der Waals surface area contributed by atoms with E-state index in [2.05, 4.69) is 20.6 Å². The van der Waals surface area contributed by atoms with Crippen LogP contribution in [0.5, 0.6) is 0 Å². The quantitative estimate of drug-likeness (QED) is 0.588. The summed E-state index contributed by atoms with van der Waals surface area (Å²) in [5, 5.41) is 11.9. The zero-order valence-electron chi connectivity index (χ0n) is 14.6. The van der Waals surface area contributed by atoms with E-state index in [1.54, 1.807) is 29.1 Å². The van der Waals surface area contributed by atoms with Gasteiger partial charge in [0.05, 0.1) is 5.69 Å². The molecular weight excluding hydrogens is 362 g/mol. The molecular formula is C20H16ClN5O. The summed E-state index contributed by atoms with van der Waals surface area (Å²) < 4.78 is 1.65. The molecule has 6 nitrogen and oxygen atoms in total. The van der Waals surface area contributed by atoms with Crippen LogP contribution in [0.3, 0.4) is 0 Å². The van der Waals surface area contributed by atoms with Crippen LogP contribution >= 0.6 is 11.6 Å². The minimum absolute atomic E-state index is 0.173. The van der Waals surface area contributed by atoms with Gasteiger partial charge in [0.25, 0.3) is 5.91 Å². The van der Waals surface area contributed by atoms with Gasteiger partial charge in [0.1, 0.15) is 5.52 Å². The highest BCUT2D eigenvalue weighted by atomic mass is 35.5. The van der Waals surface area contributed by atoms with Crippen molar-refractivity contribution in [3.05, 3.63) is 82.5 Å². The van der Waals surface area contributed by atoms with Gasteiger partial charge in [0.15, 0.2) is 5.65 Å². The number of rotatable bonds is 4. The van der Waals surface area contributed by atoms with Crippen LogP contribution in [0.2, 0.25) is 5.02 Å².